The van der Waals surface area contributed by atoms with E-state index >= 15 is 0 Å². The highest BCUT2D eigenvalue weighted by Gasteiger charge is 2.39. The quantitative estimate of drug-likeness (QED) is 0.665. The Bertz CT molecular complexity index is 1060. The van der Waals surface area contributed by atoms with Crippen molar-refractivity contribution in [3.63, 3.8) is 0 Å². The molecule has 3 aromatic rings. The van der Waals surface area contributed by atoms with E-state index in [9.17, 15) is 18.0 Å². The van der Waals surface area contributed by atoms with Crippen LogP contribution in [-0.4, -0.2) is 42.1 Å². The van der Waals surface area contributed by atoms with Gasteiger partial charge in [0, 0.05) is 39.0 Å². The molecule has 1 aliphatic rings. The fourth-order valence-electron chi connectivity index (χ4n) is 3.71. The minimum atomic E-state index is -4.58. The lowest BCUT2D eigenvalue weighted by molar-refractivity contribution is -0.143. The third-order valence-corrected chi connectivity index (χ3v) is 4.97. The van der Waals surface area contributed by atoms with Crippen molar-refractivity contribution in [1.29, 1.82) is 0 Å². The van der Waals surface area contributed by atoms with Gasteiger partial charge in [-0.25, -0.2) is 0 Å². The Hall–Kier alpha value is -3.11. The number of amides is 1. The molecule has 154 valence electrons. The normalized spacial score (nSPS) is 17.3. The molecule has 1 saturated heterocycles. The summed E-state index contributed by atoms with van der Waals surface area (Å²) >= 11 is 0. The molecule has 4 rings (SSSR count). The van der Waals surface area contributed by atoms with Gasteiger partial charge in [0.05, 0.1) is 23.0 Å². The maximum atomic E-state index is 13.1. The van der Waals surface area contributed by atoms with Gasteiger partial charge in [-0.1, -0.05) is 5.16 Å². The number of aromatic nitrogens is 5. The Kier molecular flexibility index (Phi) is 4.47. The van der Waals surface area contributed by atoms with E-state index in [1.807, 2.05) is 0 Å². The Morgan fingerprint density at radius 1 is 1.24 bits per heavy atom. The molecule has 1 aliphatic heterocycles. The van der Waals surface area contributed by atoms with Crippen LogP contribution in [0.3, 0.4) is 0 Å². The summed E-state index contributed by atoms with van der Waals surface area (Å²) < 4.78 is 46.9. The van der Waals surface area contributed by atoms with Gasteiger partial charge >= 0.3 is 6.18 Å². The van der Waals surface area contributed by atoms with Crippen LogP contribution in [0.2, 0.25) is 0 Å². The third kappa shape index (κ3) is 3.40. The van der Waals surface area contributed by atoms with Crippen molar-refractivity contribution >= 4 is 5.91 Å². The Balaban J connectivity index is 1.68. The van der Waals surface area contributed by atoms with Crippen LogP contribution in [-0.2, 0) is 20.3 Å². The van der Waals surface area contributed by atoms with Crippen molar-refractivity contribution in [1.82, 2.24) is 29.6 Å². The molecule has 0 spiro atoms. The minimum absolute atomic E-state index is 0.236. The largest absolute Gasteiger partial charge is 0.433 e. The first kappa shape index (κ1) is 19.2. The predicted molar refractivity (Wildman–Crippen MR) is 94.7 cm³/mol. The summed E-state index contributed by atoms with van der Waals surface area (Å²) in [5.41, 5.74) is 0.838. The summed E-state index contributed by atoms with van der Waals surface area (Å²) in [5, 5.41) is 12.2. The zero-order chi connectivity index (χ0) is 20.9. The lowest BCUT2D eigenvalue weighted by Gasteiger charge is -2.23. The van der Waals surface area contributed by atoms with E-state index in [1.165, 1.54) is 11.9 Å². The lowest BCUT2D eigenvalue weighted by atomic mass is 10.0. The zero-order valence-corrected chi connectivity index (χ0v) is 16.1. The number of rotatable bonds is 3. The van der Waals surface area contributed by atoms with Crippen molar-refractivity contribution < 1.29 is 22.5 Å². The van der Waals surface area contributed by atoms with Crippen molar-refractivity contribution in [2.75, 3.05) is 6.54 Å². The van der Waals surface area contributed by atoms with E-state index in [0.717, 1.165) is 6.07 Å². The number of carbonyl (C=O) groups is 1. The predicted octanol–water partition coefficient (Wildman–Crippen LogP) is 3.11. The van der Waals surface area contributed by atoms with Crippen LogP contribution in [0.5, 0.6) is 0 Å². The second kappa shape index (κ2) is 6.75. The molecule has 0 radical (unpaired) electrons. The summed E-state index contributed by atoms with van der Waals surface area (Å²) in [5.74, 6) is -0.0222. The van der Waals surface area contributed by atoms with Gasteiger partial charge in [-0.05, 0) is 19.8 Å². The maximum absolute atomic E-state index is 13.1. The molecule has 8 nitrogen and oxygen atoms in total. The van der Waals surface area contributed by atoms with Gasteiger partial charge in [-0.15, -0.1) is 0 Å². The van der Waals surface area contributed by atoms with E-state index in [2.05, 4.69) is 15.4 Å². The molecule has 11 heteroatoms. The number of halogens is 3. The third-order valence-electron chi connectivity index (χ3n) is 4.97. The van der Waals surface area contributed by atoms with E-state index in [4.69, 9.17) is 4.52 Å². The van der Waals surface area contributed by atoms with Crippen molar-refractivity contribution in [2.45, 2.75) is 32.0 Å². The first-order valence-electron chi connectivity index (χ1n) is 9.04. The average molecular weight is 408 g/mol. The van der Waals surface area contributed by atoms with Crippen LogP contribution >= 0.6 is 0 Å². The van der Waals surface area contributed by atoms with Gasteiger partial charge in [0.15, 0.2) is 11.5 Å². The Morgan fingerprint density at radius 3 is 2.62 bits per heavy atom. The number of hydrogen-bond donors (Lipinski definition) is 0. The van der Waals surface area contributed by atoms with Crippen LogP contribution in [0.25, 0.3) is 11.3 Å². The van der Waals surface area contributed by atoms with E-state index in [-0.39, 0.29) is 11.7 Å². The molecular weight excluding hydrogens is 389 g/mol. The second-order valence-electron chi connectivity index (χ2n) is 7.13. The first-order valence-corrected chi connectivity index (χ1v) is 9.04. The standard InChI is InChI=1S/C18H19F3N6O2/c1-10-7-14(29-24-10)11-9-25(2)23-16(11)13-5-4-6-27(13)17(28)12-8-15(18(19,20)21)26(3)22-12/h7-9,13H,4-6H2,1-3H3. The molecule has 0 bridgehead atoms. The number of nitrogens with zero attached hydrogens (tertiary/aromatic N) is 6. The molecule has 4 heterocycles. The van der Waals surface area contributed by atoms with Gasteiger partial charge in [0.25, 0.3) is 5.91 Å². The summed E-state index contributed by atoms with van der Waals surface area (Å²) in [6, 6.07) is 2.17. The highest BCUT2D eigenvalue weighted by atomic mass is 19.4. The van der Waals surface area contributed by atoms with Crippen molar-refractivity contribution in [3.05, 3.63) is 41.1 Å². The average Bonchev–Trinajstić information content (AvgIpc) is 3.38. The van der Waals surface area contributed by atoms with Gasteiger partial charge < -0.3 is 9.42 Å². The molecule has 0 saturated carbocycles. The summed E-state index contributed by atoms with van der Waals surface area (Å²) in [4.78, 5) is 14.5. The van der Waals surface area contributed by atoms with Gasteiger partial charge in [0.1, 0.15) is 5.69 Å². The first-order chi connectivity index (χ1) is 13.6. The molecule has 29 heavy (non-hydrogen) atoms. The lowest BCUT2D eigenvalue weighted by Crippen LogP contribution is -2.31. The SMILES string of the molecule is Cc1cc(-c2cn(C)nc2C2CCCN2C(=O)c2cc(C(F)(F)F)n(C)n2)on1. The fraction of sp³-hybridized carbons (Fsp3) is 0.444. The molecule has 3 aromatic heterocycles. The van der Waals surface area contributed by atoms with Crippen LogP contribution in [0.1, 0.15) is 46.5 Å². The monoisotopic (exact) mass is 408 g/mol. The van der Waals surface area contributed by atoms with E-state index in [1.54, 1.807) is 30.9 Å². The number of hydrogen-bond acceptors (Lipinski definition) is 5. The maximum Gasteiger partial charge on any atom is 0.433 e. The van der Waals surface area contributed by atoms with E-state index < -0.39 is 17.8 Å². The van der Waals surface area contributed by atoms with Crippen LogP contribution in [0, 0.1) is 6.92 Å². The van der Waals surface area contributed by atoms with E-state index in [0.29, 0.717) is 46.8 Å². The van der Waals surface area contributed by atoms with Crippen LogP contribution < -0.4 is 0 Å². The topological polar surface area (TPSA) is 82.0 Å². The number of alkyl halides is 3. The number of aryl methyl sites for hydroxylation is 3. The minimum Gasteiger partial charge on any atom is -0.356 e. The highest BCUT2D eigenvalue weighted by Crippen LogP contribution is 2.38. The fourth-order valence-corrected chi connectivity index (χ4v) is 3.71. The molecule has 0 N–H and O–H groups in total. The second-order valence-corrected chi connectivity index (χ2v) is 7.13. The zero-order valence-electron chi connectivity index (χ0n) is 16.1. The van der Waals surface area contributed by atoms with Gasteiger partial charge in [0.2, 0.25) is 0 Å². The van der Waals surface area contributed by atoms with Crippen LogP contribution in [0.4, 0.5) is 13.2 Å². The number of likely N-dealkylation sites (tertiary alicyclic amines) is 1. The molecule has 1 amide bonds. The van der Waals surface area contributed by atoms with Crippen molar-refractivity contribution in [3.8, 4) is 11.3 Å². The molecule has 0 aliphatic carbocycles. The summed E-state index contributed by atoms with van der Waals surface area (Å²) in [6.45, 7) is 2.21. The van der Waals surface area contributed by atoms with Gasteiger partial charge in [-0.2, -0.15) is 23.4 Å². The molecule has 1 fully saturated rings. The summed E-state index contributed by atoms with van der Waals surface area (Å²) in [6.07, 6.45) is -1.45. The van der Waals surface area contributed by atoms with Crippen molar-refractivity contribution in [2.24, 2.45) is 14.1 Å². The summed E-state index contributed by atoms with van der Waals surface area (Å²) in [7, 11) is 2.93. The Labute approximate surface area is 163 Å². The van der Waals surface area contributed by atoms with Crippen LogP contribution in [0.15, 0.2) is 22.9 Å². The Morgan fingerprint density at radius 2 is 2.00 bits per heavy atom. The smallest absolute Gasteiger partial charge is 0.356 e. The molecule has 1 atom stereocenters. The van der Waals surface area contributed by atoms with Gasteiger partial charge in [-0.3, -0.25) is 14.2 Å². The molecular formula is C18H19F3N6O2. The molecule has 0 aromatic carbocycles. The molecule has 1 unspecified atom stereocenters. The highest BCUT2D eigenvalue weighted by molar-refractivity contribution is 5.93. The number of carbonyl (C=O) groups excluding carboxylic acids is 1.